The van der Waals surface area contributed by atoms with E-state index in [-0.39, 0.29) is 18.3 Å². The van der Waals surface area contributed by atoms with Gasteiger partial charge in [0.2, 0.25) is 5.82 Å². The van der Waals surface area contributed by atoms with Gasteiger partial charge in [0.25, 0.3) is 5.91 Å². The minimum Gasteiger partial charge on any atom is -1.00 e. The van der Waals surface area contributed by atoms with Crippen LogP contribution in [0.1, 0.15) is 13.8 Å². The van der Waals surface area contributed by atoms with Gasteiger partial charge in [0.1, 0.15) is 11.3 Å². The van der Waals surface area contributed by atoms with E-state index in [0.717, 1.165) is 5.39 Å². The number of carbonyl (C=O) groups excluding carboxylic acids is 1. The molecule has 4 rings (SSSR count). The predicted octanol–water partition coefficient (Wildman–Crippen LogP) is -0.841. The Morgan fingerprint density at radius 3 is 2.26 bits per heavy atom. The summed E-state index contributed by atoms with van der Waals surface area (Å²) in [5.41, 5.74) is 6.03. The van der Waals surface area contributed by atoms with E-state index in [1.165, 1.54) is 0 Å². The Bertz CT molecular complexity index is 1150. The van der Waals surface area contributed by atoms with Crippen molar-refractivity contribution in [2.24, 2.45) is 0 Å². The van der Waals surface area contributed by atoms with Crippen LogP contribution in [0.5, 0.6) is 17.2 Å². The number of nitrogens with two attached hydrogens (primary N) is 1. The quantitative estimate of drug-likeness (QED) is 0.483. The van der Waals surface area contributed by atoms with Gasteiger partial charge in [0.15, 0.2) is 17.1 Å². The van der Waals surface area contributed by atoms with Crippen LogP contribution in [0.4, 0.5) is 11.8 Å². The van der Waals surface area contributed by atoms with E-state index in [0.29, 0.717) is 60.7 Å². The van der Waals surface area contributed by atoms with Gasteiger partial charge in [-0.3, -0.25) is 9.69 Å². The van der Waals surface area contributed by atoms with Crippen molar-refractivity contribution in [3.05, 3.63) is 42.5 Å². The molecule has 1 aliphatic rings. The number of nitrogen functional groups attached to an aromatic ring is 1. The molecule has 9 nitrogen and oxygen atoms in total. The molecule has 2 aromatic carbocycles. The summed E-state index contributed by atoms with van der Waals surface area (Å²) in [6.45, 7) is 5.95. The van der Waals surface area contributed by atoms with E-state index in [4.69, 9.17) is 24.9 Å². The maximum absolute atomic E-state index is 13.1. The van der Waals surface area contributed by atoms with E-state index in [1.807, 2.05) is 47.4 Å². The maximum atomic E-state index is 13.1. The number of hydrogen-bond donors (Lipinski definition) is 1. The Labute approximate surface area is 205 Å². The number of piperazine rings is 1. The van der Waals surface area contributed by atoms with Crippen LogP contribution in [0.25, 0.3) is 10.9 Å². The zero-order valence-corrected chi connectivity index (χ0v) is 20.6. The average molecular weight is 488 g/mol. The number of aromatic nitrogens is 2. The molecule has 0 spiro atoms. The zero-order chi connectivity index (χ0) is 23.6. The molecular formula is C24H30ClN5O4. The average Bonchev–Trinajstić information content (AvgIpc) is 2.83. The van der Waals surface area contributed by atoms with Crippen molar-refractivity contribution < 1.29 is 36.4 Å². The number of para-hydroxylation sites is 1. The molecule has 0 saturated carbocycles. The number of rotatable bonds is 6. The summed E-state index contributed by atoms with van der Waals surface area (Å²) in [5.74, 6) is 2.95. The van der Waals surface area contributed by atoms with Crippen LogP contribution in [0.2, 0.25) is 0 Å². The molecule has 1 aromatic heterocycles. The highest BCUT2D eigenvalue weighted by molar-refractivity contribution is 5.90. The van der Waals surface area contributed by atoms with E-state index < -0.39 is 5.60 Å². The zero-order valence-electron chi connectivity index (χ0n) is 19.8. The fourth-order valence-corrected chi connectivity index (χ4v) is 3.99. The van der Waals surface area contributed by atoms with Crippen LogP contribution in [0.15, 0.2) is 42.5 Å². The molecule has 0 aliphatic carbocycles. The van der Waals surface area contributed by atoms with Gasteiger partial charge in [-0.25, -0.2) is 4.98 Å². The molecule has 1 saturated heterocycles. The summed E-state index contributed by atoms with van der Waals surface area (Å²) in [5, 5.41) is 0.755. The van der Waals surface area contributed by atoms with E-state index in [9.17, 15) is 4.79 Å². The summed E-state index contributed by atoms with van der Waals surface area (Å²) in [4.78, 5) is 25.0. The second kappa shape index (κ2) is 10.2. The Kier molecular flexibility index (Phi) is 7.56. The van der Waals surface area contributed by atoms with Gasteiger partial charge in [0.05, 0.1) is 32.7 Å². The van der Waals surface area contributed by atoms with Crippen molar-refractivity contribution in [2.45, 2.75) is 19.4 Å². The second-order valence-corrected chi connectivity index (χ2v) is 8.40. The van der Waals surface area contributed by atoms with Gasteiger partial charge < -0.3 is 37.3 Å². The monoisotopic (exact) mass is 487 g/mol. The lowest BCUT2D eigenvalue weighted by molar-refractivity contribution is -0.348. The number of amides is 1. The van der Waals surface area contributed by atoms with Crippen LogP contribution < -0.4 is 42.2 Å². The number of carbonyl (C=O) groups is 1. The van der Waals surface area contributed by atoms with Crippen molar-refractivity contribution in [1.82, 2.24) is 9.88 Å². The molecule has 1 aliphatic heterocycles. The Morgan fingerprint density at radius 1 is 1.03 bits per heavy atom. The lowest BCUT2D eigenvalue weighted by Gasteiger charge is -2.36. The molecule has 1 amide bonds. The van der Waals surface area contributed by atoms with Crippen LogP contribution in [-0.4, -0.2) is 61.8 Å². The van der Waals surface area contributed by atoms with Gasteiger partial charge in [-0.1, -0.05) is 18.2 Å². The number of anilines is 2. The minimum atomic E-state index is -0.961. The van der Waals surface area contributed by atoms with Gasteiger partial charge >= 0.3 is 5.95 Å². The summed E-state index contributed by atoms with van der Waals surface area (Å²) in [7, 11) is 3.17. The molecule has 0 unspecified atom stereocenters. The molecule has 2 heterocycles. The van der Waals surface area contributed by atoms with Crippen LogP contribution in [0, 0.1) is 0 Å². The Morgan fingerprint density at radius 2 is 1.65 bits per heavy atom. The van der Waals surface area contributed by atoms with Crippen LogP contribution >= 0.6 is 0 Å². The molecular weight excluding hydrogens is 458 g/mol. The first kappa shape index (κ1) is 25.2. The lowest BCUT2D eigenvalue weighted by atomic mass is 10.1. The number of fused-ring (bicyclic) bond motifs is 1. The summed E-state index contributed by atoms with van der Waals surface area (Å²) < 4.78 is 16.7. The molecule has 3 N–H and O–H groups in total. The summed E-state index contributed by atoms with van der Waals surface area (Å²) in [6.07, 6.45) is 0. The molecule has 182 valence electrons. The number of hydrogen-bond acceptors (Lipinski definition) is 7. The standard InChI is InChI=1S/C24H29N5O4.ClH/c1-24(2,33-16-8-6-5-7-9-16)22(30)28-10-12-29(13-11-28)23-26-18-15-20(32-4)19(31-3)14-17(18)21(25)27-23;/h5-9,14-15H,10-13H2,1-4H3,(H2,25,26,27);1H. The van der Waals surface area contributed by atoms with E-state index in [1.54, 1.807) is 28.1 Å². The number of halogens is 1. The maximum Gasteiger partial charge on any atom is 0.347 e. The molecule has 3 aromatic rings. The third-order valence-corrected chi connectivity index (χ3v) is 5.76. The number of aromatic amines is 1. The van der Waals surface area contributed by atoms with Crippen LogP contribution in [-0.2, 0) is 4.79 Å². The molecule has 10 heteroatoms. The van der Waals surface area contributed by atoms with Gasteiger partial charge in [-0.2, -0.15) is 0 Å². The minimum absolute atomic E-state index is 0. The topological polar surface area (TPSA) is 104 Å². The van der Waals surface area contributed by atoms with Crippen molar-refractivity contribution in [3.63, 3.8) is 0 Å². The first-order valence-electron chi connectivity index (χ1n) is 10.9. The SMILES string of the molecule is COc1cc2nc(N3CCN(C(=O)C(C)(C)Oc4ccccc4)CC3)[nH+]c(N)c2cc1OC.[Cl-]. The molecule has 34 heavy (non-hydrogen) atoms. The van der Waals surface area contributed by atoms with Gasteiger partial charge in [-0.15, -0.1) is 4.98 Å². The first-order valence-corrected chi connectivity index (χ1v) is 10.9. The van der Waals surface area contributed by atoms with Crippen LogP contribution in [0.3, 0.4) is 0 Å². The third kappa shape index (κ3) is 5.04. The molecule has 0 radical (unpaired) electrons. The fourth-order valence-electron chi connectivity index (χ4n) is 3.99. The molecule has 0 bridgehead atoms. The highest BCUT2D eigenvalue weighted by Crippen LogP contribution is 2.33. The fraction of sp³-hybridized carbons (Fsp3) is 0.375. The lowest BCUT2D eigenvalue weighted by Crippen LogP contribution is -3.00. The van der Waals surface area contributed by atoms with E-state index in [2.05, 4.69) is 9.88 Å². The Hall–Kier alpha value is -3.46. The van der Waals surface area contributed by atoms with Crippen molar-refractivity contribution >= 4 is 28.6 Å². The predicted molar refractivity (Wildman–Crippen MR) is 126 cm³/mol. The number of nitrogens with zero attached hydrogens (tertiary/aromatic N) is 3. The van der Waals surface area contributed by atoms with Gasteiger partial charge in [-0.05, 0) is 26.0 Å². The number of nitrogens with one attached hydrogen (secondary N) is 1. The Balaban J connectivity index is 0.00000324. The highest BCUT2D eigenvalue weighted by Gasteiger charge is 2.37. The third-order valence-electron chi connectivity index (χ3n) is 5.76. The van der Waals surface area contributed by atoms with E-state index >= 15 is 0 Å². The highest BCUT2D eigenvalue weighted by atomic mass is 35.5. The van der Waals surface area contributed by atoms with Gasteiger partial charge in [0, 0.05) is 25.2 Å². The number of benzene rings is 2. The first-order chi connectivity index (χ1) is 15.8. The summed E-state index contributed by atoms with van der Waals surface area (Å²) >= 11 is 0. The largest absolute Gasteiger partial charge is 1.00 e. The van der Waals surface area contributed by atoms with Crippen molar-refractivity contribution in [2.75, 3.05) is 51.0 Å². The number of H-pyrrole nitrogens is 1. The summed E-state index contributed by atoms with van der Waals surface area (Å²) in [6, 6.07) is 13.0. The van der Waals surface area contributed by atoms with Crippen molar-refractivity contribution in [3.8, 4) is 17.2 Å². The number of methoxy groups -OCH3 is 2. The molecule has 0 atom stereocenters. The normalized spacial score (nSPS) is 13.9. The second-order valence-electron chi connectivity index (χ2n) is 8.40. The smallest absolute Gasteiger partial charge is 0.347 e. The number of ether oxygens (including phenoxy) is 3. The molecule has 1 fully saturated rings. The van der Waals surface area contributed by atoms with Crippen molar-refractivity contribution in [1.29, 1.82) is 0 Å².